The van der Waals surface area contributed by atoms with Gasteiger partial charge in [-0.15, -0.1) is 0 Å². The van der Waals surface area contributed by atoms with Crippen LogP contribution in [-0.2, 0) is 11.3 Å². The number of hydrogen-bond acceptors (Lipinski definition) is 3. The zero-order chi connectivity index (χ0) is 13.7. The molecule has 1 rings (SSSR count). The molecule has 0 aliphatic carbocycles. The van der Waals surface area contributed by atoms with Crippen molar-refractivity contribution in [2.24, 2.45) is 5.92 Å². The molecule has 18 heavy (non-hydrogen) atoms. The number of benzene rings is 1. The Kier molecular flexibility index (Phi) is 4.81. The van der Waals surface area contributed by atoms with Crippen LogP contribution in [0.1, 0.15) is 25.0 Å². The summed E-state index contributed by atoms with van der Waals surface area (Å²) in [7, 11) is 0. The molecule has 4 nitrogen and oxygen atoms in total. The van der Waals surface area contributed by atoms with Crippen LogP contribution in [-0.4, -0.2) is 17.1 Å². The fraction of sp³-hybridized carbons (Fsp3) is 0.385. The lowest BCUT2D eigenvalue weighted by Gasteiger charge is -2.18. The molecule has 1 aromatic carbocycles. The number of nitrogens with one attached hydrogen (secondary N) is 1. The van der Waals surface area contributed by atoms with Crippen molar-refractivity contribution in [3.63, 3.8) is 0 Å². The number of nitriles is 1. The van der Waals surface area contributed by atoms with E-state index in [4.69, 9.17) is 10.4 Å². The maximum absolute atomic E-state index is 13.1. The van der Waals surface area contributed by atoms with Crippen LogP contribution in [0.3, 0.4) is 0 Å². The lowest BCUT2D eigenvalue weighted by atomic mass is 10.0. The first-order valence-electron chi connectivity index (χ1n) is 5.60. The van der Waals surface area contributed by atoms with Crippen molar-refractivity contribution in [2.75, 3.05) is 0 Å². The first kappa shape index (κ1) is 14.1. The topological polar surface area (TPSA) is 73.1 Å². The van der Waals surface area contributed by atoms with Gasteiger partial charge >= 0.3 is 5.97 Å². The fourth-order valence-electron chi connectivity index (χ4n) is 1.65. The summed E-state index contributed by atoms with van der Waals surface area (Å²) in [6, 6.07) is 5.06. The number of nitrogens with zero attached hydrogens (tertiary/aromatic N) is 1. The van der Waals surface area contributed by atoms with Crippen LogP contribution in [0.15, 0.2) is 18.2 Å². The summed E-state index contributed by atoms with van der Waals surface area (Å²) in [4.78, 5) is 11.0. The molecule has 1 aromatic rings. The highest BCUT2D eigenvalue weighted by molar-refractivity contribution is 5.73. The van der Waals surface area contributed by atoms with E-state index in [1.807, 2.05) is 6.07 Å². The van der Waals surface area contributed by atoms with Gasteiger partial charge in [-0.05, 0) is 29.7 Å². The highest BCUT2D eigenvalue weighted by Crippen LogP contribution is 2.11. The molecule has 0 aromatic heterocycles. The molecule has 0 radical (unpaired) electrons. The first-order chi connectivity index (χ1) is 8.45. The minimum atomic E-state index is -0.958. The van der Waals surface area contributed by atoms with Gasteiger partial charge in [0.25, 0.3) is 0 Å². The molecule has 0 fully saturated rings. The average molecular weight is 250 g/mol. The van der Waals surface area contributed by atoms with Crippen LogP contribution >= 0.6 is 0 Å². The number of hydrogen-bond donors (Lipinski definition) is 2. The molecule has 0 aliphatic rings. The van der Waals surface area contributed by atoms with Crippen molar-refractivity contribution in [1.29, 1.82) is 5.26 Å². The predicted molar refractivity (Wildman–Crippen MR) is 64.2 cm³/mol. The molecule has 0 spiro atoms. The van der Waals surface area contributed by atoms with E-state index < -0.39 is 17.8 Å². The van der Waals surface area contributed by atoms with Crippen LogP contribution < -0.4 is 5.32 Å². The van der Waals surface area contributed by atoms with Crippen molar-refractivity contribution in [2.45, 2.75) is 26.4 Å². The molecule has 1 atom stereocenters. The Balaban J connectivity index is 2.82. The van der Waals surface area contributed by atoms with Gasteiger partial charge in [-0.2, -0.15) is 5.26 Å². The van der Waals surface area contributed by atoms with Crippen molar-refractivity contribution >= 4 is 5.97 Å². The van der Waals surface area contributed by atoms with E-state index in [9.17, 15) is 9.18 Å². The standard InChI is InChI=1S/C13H15FN2O2/c1-8(2)12(13(17)18)16-7-10-5-11(14)4-3-9(10)6-15/h3-5,8,12,16H,7H2,1-2H3,(H,17,18). The Bertz CT molecular complexity index is 480. The van der Waals surface area contributed by atoms with Gasteiger partial charge in [0.05, 0.1) is 11.6 Å². The summed E-state index contributed by atoms with van der Waals surface area (Å²) in [5, 5.41) is 20.7. The van der Waals surface area contributed by atoms with E-state index in [2.05, 4.69) is 5.32 Å². The Labute approximate surface area is 105 Å². The molecule has 1 unspecified atom stereocenters. The molecule has 5 heteroatoms. The van der Waals surface area contributed by atoms with Gasteiger partial charge in [0, 0.05) is 6.54 Å². The quantitative estimate of drug-likeness (QED) is 0.837. The Morgan fingerprint density at radius 3 is 2.72 bits per heavy atom. The van der Waals surface area contributed by atoms with Crippen LogP contribution in [0, 0.1) is 23.1 Å². The normalized spacial score (nSPS) is 12.2. The Hall–Kier alpha value is -1.93. The van der Waals surface area contributed by atoms with Gasteiger partial charge in [0.15, 0.2) is 0 Å². The Morgan fingerprint density at radius 1 is 1.56 bits per heavy atom. The summed E-state index contributed by atoms with van der Waals surface area (Å²) in [5.41, 5.74) is 0.807. The lowest BCUT2D eigenvalue weighted by Crippen LogP contribution is -2.40. The van der Waals surface area contributed by atoms with E-state index in [-0.39, 0.29) is 12.5 Å². The third-order valence-electron chi connectivity index (χ3n) is 2.63. The van der Waals surface area contributed by atoms with Crippen LogP contribution in [0.5, 0.6) is 0 Å². The van der Waals surface area contributed by atoms with E-state index in [0.29, 0.717) is 11.1 Å². The molecule has 0 saturated carbocycles. The maximum Gasteiger partial charge on any atom is 0.320 e. The summed E-state index contributed by atoms with van der Waals surface area (Å²) >= 11 is 0. The number of halogens is 1. The van der Waals surface area contributed by atoms with Gasteiger partial charge in [-0.1, -0.05) is 13.8 Å². The zero-order valence-electron chi connectivity index (χ0n) is 10.3. The molecule has 0 amide bonds. The second kappa shape index (κ2) is 6.12. The summed E-state index contributed by atoms with van der Waals surface area (Å²) < 4.78 is 13.1. The molecular weight excluding hydrogens is 235 g/mol. The maximum atomic E-state index is 13.1. The van der Waals surface area contributed by atoms with Crippen LogP contribution in [0.25, 0.3) is 0 Å². The van der Waals surface area contributed by atoms with Gasteiger partial charge in [0.2, 0.25) is 0 Å². The predicted octanol–water partition coefficient (Wildman–Crippen LogP) is 1.90. The number of aliphatic carboxylic acids is 1. The molecular formula is C13H15FN2O2. The number of carboxylic acid groups (broad SMARTS) is 1. The van der Waals surface area contributed by atoms with Gasteiger partial charge in [-0.3, -0.25) is 4.79 Å². The largest absolute Gasteiger partial charge is 0.480 e. The molecule has 0 heterocycles. The second-order valence-corrected chi connectivity index (χ2v) is 4.35. The molecule has 2 N–H and O–H groups in total. The highest BCUT2D eigenvalue weighted by atomic mass is 19.1. The minimum absolute atomic E-state index is 0.0957. The SMILES string of the molecule is CC(C)C(NCc1cc(F)ccc1C#N)C(=O)O. The minimum Gasteiger partial charge on any atom is -0.480 e. The van der Waals surface area contributed by atoms with Gasteiger partial charge in [-0.25, -0.2) is 4.39 Å². The molecule has 0 aliphatic heterocycles. The summed E-state index contributed by atoms with van der Waals surface area (Å²) in [6.07, 6.45) is 0. The third kappa shape index (κ3) is 3.54. The molecule has 0 bridgehead atoms. The monoisotopic (exact) mass is 250 g/mol. The average Bonchev–Trinajstić information content (AvgIpc) is 2.28. The second-order valence-electron chi connectivity index (χ2n) is 4.35. The van der Waals surface area contributed by atoms with E-state index in [0.717, 1.165) is 0 Å². The number of carbonyl (C=O) groups is 1. The fourth-order valence-corrected chi connectivity index (χ4v) is 1.65. The van der Waals surface area contributed by atoms with Crippen molar-refractivity contribution < 1.29 is 14.3 Å². The van der Waals surface area contributed by atoms with E-state index in [1.165, 1.54) is 18.2 Å². The summed E-state index contributed by atoms with van der Waals surface area (Å²) in [6.45, 7) is 3.71. The summed E-state index contributed by atoms with van der Waals surface area (Å²) in [5.74, 6) is -1.50. The lowest BCUT2D eigenvalue weighted by molar-refractivity contribution is -0.140. The first-order valence-corrected chi connectivity index (χ1v) is 5.60. The molecule has 96 valence electrons. The Morgan fingerprint density at radius 2 is 2.22 bits per heavy atom. The highest BCUT2D eigenvalue weighted by Gasteiger charge is 2.20. The van der Waals surface area contributed by atoms with Crippen LogP contribution in [0.4, 0.5) is 4.39 Å². The van der Waals surface area contributed by atoms with Crippen molar-refractivity contribution in [3.05, 3.63) is 35.1 Å². The number of carboxylic acids is 1. The zero-order valence-corrected chi connectivity index (χ0v) is 10.3. The van der Waals surface area contributed by atoms with Gasteiger partial charge < -0.3 is 10.4 Å². The molecule has 0 saturated heterocycles. The van der Waals surface area contributed by atoms with Crippen molar-refractivity contribution in [3.8, 4) is 6.07 Å². The van der Waals surface area contributed by atoms with Crippen molar-refractivity contribution in [1.82, 2.24) is 5.32 Å². The van der Waals surface area contributed by atoms with E-state index >= 15 is 0 Å². The smallest absolute Gasteiger partial charge is 0.320 e. The van der Waals surface area contributed by atoms with Crippen LogP contribution in [0.2, 0.25) is 0 Å². The number of rotatable bonds is 5. The van der Waals surface area contributed by atoms with Gasteiger partial charge in [0.1, 0.15) is 11.9 Å². The third-order valence-corrected chi connectivity index (χ3v) is 2.63. The van der Waals surface area contributed by atoms with E-state index in [1.54, 1.807) is 13.8 Å².